The van der Waals surface area contributed by atoms with E-state index in [4.69, 9.17) is 10.00 Å². The Balaban J connectivity index is 2.86. The van der Waals surface area contributed by atoms with Gasteiger partial charge in [-0.1, -0.05) is 12.1 Å². The molecule has 0 aliphatic heterocycles. The van der Waals surface area contributed by atoms with Crippen LogP contribution in [0.1, 0.15) is 31.9 Å². The van der Waals surface area contributed by atoms with Crippen molar-refractivity contribution in [1.82, 2.24) is 4.90 Å². The highest BCUT2D eigenvalue weighted by atomic mass is 16.6. The summed E-state index contributed by atoms with van der Waals surface area (Å²) in [5, 5.41) is 18.1. The summed E-state index contributed by atoms with van der Waals surface area (Å²) in [7, 11) is 1.40. The molecule has 0 fully saturated rings. The minimum atomic E-state index is -1.11. The number of carboxylic acids is 1. The van der Waals surface area contributed by atoms with Crippen LogP contribution in [-0.4, -0.2) is 40.8 Å². The van der Waals surface area contributed by atoms with E-state index < -0.39 is 23.7 Å². The number of benzene rings is 1. The lowest BCUT2D eigenvalue weighted by Crippen LogP contribution is -2.46. The Labute approximate surface area is 129 Å². The number of aliphatic carboxylic acids is 1. The second-order valence-corrected chi connectivity index (χ2v) is 5.96. The number of amides is 1. The third-order valence-corrected chi connectivity index (χ3v) is 2.95. The van der Waals surface area contributed by atoms with Gasteiger partial charge in [-0.15, -0.1) is 0 Å². The molecule has 0 saturated heterocycles. The molecule has 1 unspecified atom stereocenters. The summed E-state index contributed by atoms with van der Waals surface area (Å²) in [6.07, 6.45) is -0.551. The van der Waals surface area contributed by atoms with E-state index in [1.54, 1.807) is 45.0 Å². The predicted octanol–water partition coefficient (Wildman–Crippen LogP) is 2.42. The molecule has 0 aliphatic rings. The van der Waals surface area contributed by atoms with Gasteiger partial charge in [-0.25, -0.2) is 9.59 Å². The van der Waals surface area contributed by atoms with Gasteiger partial charge >= 0.3 is 12.1 Å². The van der Waals surface area contributed by atoms with Gasteiger partial charge in [0.25, 0.3) is 0 Å². The van der Waals surface area contributed by atoms with Crippen molar-refractivity contribution in [3.63, 3.8) is 0 Å². The number of ether oxygens (including phenoxy) is 1. The van der Waals surface area contributed by atoms with E-state index in [1.807, 2.05) is 6.07 Å². The lowest BCUT2D eigenvalue weighted by molar-refractivity contribution is -0.142. The number of rotatable bonds is 4. The van der Waals surface area contributed by atoms with Gasteiger partial charge in [-0.3, -0.25) is 4.90 Å². The van der Waals surface area contributed by atoms with Crippen LogP contribution in [0.5, 0.6) is 0 Å². The molecule has 6 nitrogen and oxygen atoms in total. The molecule has 0 heterocycles. The van der Waals surface area contributed by atoms with Gasteiger partial charge in [0.2, 0.25) is 0 Å². The average molecular weight is 304 g/mol. The zero-order valence-corrected chi connectivity index (χ0v) is 13.2. The smallest absolute Gasteiger partial charge is 0.410 e. The number of carboxylic acid groups (broad SMARTS) is 1. The summed E-state index contributed by atoms with van der Waals surface area (Å²) in [5.41, 5.74) is 0.529. The number of hydrogen-bond donors (Lipinski definition) is 1. The third kappa shape index (κ3) is 5.09. The summed E-state index contributed by atoms with van der Waals surface area (Å²) in [5.74, 6) is -1.11. The monoisotopic (exact) mass is 304 g/mol. The SMILES string of the molecule is CN(C(=O)OC(C)(C)C)C(Cc1ccc(C#N)cc1)C(=O)O. The quantitative estimate of drug-likeness (QED) is 0.922. The zero-order valence-electron chi connectivity index (χ0n) is 13.2. The Kier molecular flexibility index (Phi) is 5.52. The van der Waals surface area contributed by atoms with Crippen molar-refractivity contribution >= 4 is 12.1 Å². The normalized spacial score (nSPS) is 12.1. The maximum Gasteiger partial charge on any atom is 0.410 e. The van der Waals surface area contributed by atoms with Gasteiger partial charge in [0.05, 0.1) is 11.6 Å². The van der Waals surface area contributed by atoms with Crippen LogP contribution in [0, 0.1) is 11.3 Å². The van der Waals surface area contributed by atoms with Crippen LogP contribution in [0.15, 0.2) is 24.3 Å². The van der Waals surface area contributed by atoms with Crippen molar-refractivity contribution in [1.29, 1.82) is 5.26 Å². The topological polar surface area (TPSA) is 90.6 Å². The van der Waals surface area contributed by atoms with E-state index in [0.29, 0.717) is 5.56 Å². The second kappa shape index (κ2) is 6.94. The van der Waals surface area contributed by atoms with E-state index >= 15 is 0 Å². The van der Waals surface area contributed by atoms with Gasteiger partial charge in [0.15, 0.2) is 0 Å². The third-order valence-electron chi connectivity index (χ3n) is 2.95. The van der Waals surface area contributed by atoms with Gasteiger partial charge in [-0.05, 0) is 38.5 Å². The highest BCUT2D eigenvalue weighted by Crippen LogP contribution is 2.14. The molecule has 1 atom stereocenters. The Bertz CT molecular complexity index is 582. The first-order valence-corrected chi connectivity index (χ1v) is 6.81. The van der Waals surface area contributed by atoms with Crippen molar-refractivity contribution in [2.24, 2.45) is 0 Å². The lowest BCUT2D eigenvalue weighted by atomic mass is 10.0. The van der Waals surface area contributed by atoms with Crippen LogP contribution in [0.2, 0.25) is 0 Å². The molecule has 0 aliphatic carbocycles. The molecule has 0 bridgehead atoms. The van der Waals surface area contributed by atoms with Crippen molar-refractivity contribution in [2.45, 2.75) is 38.8 Å². The van der Waals surface area contributed by atoms with E-state index in [9.17, 15) is 14.7 Å². The predicted molar refractivity (Wildman–Crippen MR) is 80.3 cm³/mol. The molecule has 1 amide bonds. The van der Waals surface area contributed by atoms with Crippen LogP contribution >= 0.6 is 0 Å². The average Bonchev–Trinajstić information content (AvgIpc) is 2.42. The number of nitrogens with zero attached hydrogens (tertiary/aromatic N) is 2. The molecule has 6 heteroatoms. The summed E-state index contributed by atoms with van der Waals surface area (Å²) in [4.78, 5) is 24.5. The molecule has 0 spiro atoms. The molecule has 22 heavy (non-hydrogen) atoms. The molecular weight excluding hydrogens is 284 g/mol. The van der Waals surface area contributed by atoms with Gasteiger partial charge in [0.1, 0.15) is 11.6 Å². The summed E-state index contributed by atoms with van der Waals surface area (Å²) in [6.45, 7) is 5.15. The lowest BCUT2D eigenvalue weighted by Gasteiger charge is -2.28. The van der Waals surface area contributed by atoms with Crippen LogP contribution in [0.25, 0.3) is 0 Å². The van der Waals surface area contributed by atoms with Crippen LogP contribution < -0.4 is 0 Å². The van der Waals surface area contributed by atoms with Crippen molar-refractivity contribution in [2.75, 3.05) is 7.05 Å². The Morgan fingerprint density at radius 2 is 1.86 bits per heavy atom. The fourth-order valence-corrected chi connectivity index (χ4v) is 1.79. The summed E-state index contributed by atoms with van der Waals surface area (Å²) in [6, 6.07) is 7.54. The van der Waals surface area contributed by atoms with E-state index in [1.165, 1.54) is 7.05 Å². The van der Waals surface area contributed by atoms with Crippen LogP contribution in [-0.2, 0) is 16.0 Å². The van der Waals surface area contributed by atoms with Gasteiger partial charge < -0.3 is 9.84 Å². The van der Waals surface area contributed by atoms with Crippen molar-refractivity contribution in [3.05, 3.63) is 35.4 Å². The Morgan fingerprint density at radius 3 is 2.27 bits per heavy atom. The number of likely N-dealkylation sites (N-methyl/N-ethyl adjacent to an activating group) is 1. The maximum absolute atomic E-state index is 12.0. The maximum atomic E-state index is 12.0. The zero-order chi connectivity index (χ0) is 16.9. The van der Waals surface area contributed by atoms with Crippen molar-refractivity contribution < 1.29 is 19.4 Å². The highest BCUT2D eigenvalue weighted by molar-refractivity contribution is 5.80. The largest absolute Gasteiger partial charge is 0.480 e. The first-order valence-electron chi connectivity index (χ1n) is 6.81. The summed E-state index contributed by atoms with van der Waals surface area (Å²) >= 11 is 0. The molecule has 0 saturated carbocycles. The fourth-order valence-electron chi connectivity index (χ4n) is 1.79. The van der Waals surface area contributed by atoms with Crippen molar-refractivity contribution in [3.8, 4) is 6.07 Å². The highest BCUT2D eigenvalue weighted by Gasteiger charge is 2.30. The molecule has 0 aromatic heterocycles. The molecule has 0 radical (unpaired) electrons. The number of carbonyl (C=O) groups is 2. The first kappa shape index (κ1) is 17.5. The minimum Gasteiger partial charge on any atom is -0.480 e. The number of carbonyl (C=O) groups excluding carboxylic acids is 1. The Morgan fingerprint density at radius 1 is 1.32 bits per heavy atom. The molecule has 1 rings (SSSR count). The van der Waals surface area contributed by atoms with E-state index in [2.05, 4.69) is 0 Å². The molecule has 118 valence electrons. The molecule has 1 aromatic carbocycles. The van der Waals surface area contributed by atoms with Crippen LogP contribution in [0.3, 0.4) is 0 Å². The summed E-state index contributed by atoms with van der Waals surface area (Å²) < 4.78 is 5.19. The van der Waals surface area contributed by atoms with Gasteiger partial charge in [-0.2, -0.15) is 5.26 Å². The second-order valence-electron chi connectivity index (χ2n) is 5.96. The van der Waals surface area contributed by atoms with E-state index in [-0.39, 0.29) is 6.42 Å². The first-order chi connectivity index (χ1) is 10.1. The fraction of sp³-hybridized carbons (Fsp3) is 0.438. The van der Waals surface area contributed by atoms with Crippen LogP contribution in [0.4, 0.5) is 4.79 Å². The van der Waals surface area contributed by atoms with E-state index in [0.717, 1.165) is 10.5 Å². The number of nitriles is 1. The standard InChI is InChI=1S/C16H20N2O4/c1-16(2,3)22-15(21)18(4)13(14(19)20)9-11-5-7-12(10-17)8-6-11/h5-8,13H,9H2,1-4H3,(H,19,20). The molecule has 1 N–H and O–H groups in total. The Hall–Kier alpha value is -2.55. The van der Waals surface area contributed by atoms with Gasteiger partial charge in [0, 0.05) is 13.5 Å². The minimum absolute atomic E-state index is 0.136. The molecule has 1 aromatic rings. The number of hydrogen-bond acceptors (Lipinski definition) is 4. The molecular formula is C16H20N2O4.